The number of aryl methyl sites for hydroxylation is 2. The number of benzene rings is 2. The molecule has 2 aliphatic carbocycles. The minimum atomic E-state index is -0.0434. The predicted molar refractivity (Wildman–Crippen MR) is 137 cm³/mol. The summed E-state index contributed by atoms with van der Waals surface area (Å²) in [6, 6.07) is 12.4. The molecule has 0 saturated heterocycles. The van der Waals surface area contributed by atoms with Gasteiger partial charge < -0.3 is 0 Å². The Morgan fingerprint density at radius 3 is 1.36 bits per heavy atom. The lowest BCUT2D eigenvalue weighted by Crippen LogP contribution is -2.29. The molecule has 0 radical (unpaired) electrons. The van der Waals surface area contributed by atoms with E-state index in [0.29, 0.717) is 0 Å². The molecule has 2 fully saturated rings. The van der Waals surface area contributed by atoms with E-state index in [2.05, 4.69) is 39.8 Å². The van der Waals surface area contributed by atoms with Crippen molar-refractivity contribution in [2.75, 3.05) is 0 Å². The molecule has 2 aromatic rings. The van der Waals surface area contributed by atoms with E-state index < -0.39 is 0 Å². The second kappa shape index (κ2) is 9.57. The molecule has 2 aromatic carbocycles. The molecule has 2 aliphatic rings. The van der Waals surface area contributed by atoms with Gasteiger partial charge in [-0.05, 0) is 61.5 Å². The minimum absolute atomic E-state index is 0.0258. The third kappa shape index (κ3) is 5.00. The quantitative estimate of drug-likeness (QED) is 0.332. The summed E-state index contributed by atoms with van der Waals surface area (Å²) in [7, 11) is 0. The van der Waals surface area contributed by atoms with Crippen LogP contribution in [0.2, 0.25) is 0 Å². The fourth-order valence-electron chi connectivity index (χ4n) is 6.34. The number of carbonyl (C=O) groups excluding carboxylic acids is 2. The van der Waals surface area contributed by atoms with Crippen molar-refractivity contribution in [2.24, 2.45) is 0 Å². The molecular weight excluding hydrogens is 404 g/mol. The second-order valence-corrected chi connectivity index (χ2v) is 11.4. The Morgan fingerprint density at radius 2 is 1.00 bits per heavy atom. The van der Waals surface area contributed by atoms with Crippen LogP contribution in [-0.2, 0) is 10.8 Å². The Labute approximate surface area is 200 Å². The van der Waals surface area contributed by atoms with Crippen LogP contribution in [0.25, 0.3) is 0 Å². The van der Waals surface area contributed by atoms with E-state index in [4.69, 9.17) is 0 Å². The van der Waals surface area contributed by atoms with Crippen LogP contribution in [0, 0.1) is 13.8 Å². The standard InChI is InChI=1S/C31H40O2/c1-22-11-13-24(26(19-22)30(3)15-7-5-8-16-30)28(32)21-29(33)25-14-12-23(2)20-27(25)31(4)17-9-6-10-18-31/h11-14,19-20H,5-10,15-18,21H2,1-4H3. The van der Waals surface area contributed by atoms with Gasteiger partial charge in [0.25, 0.3) is 0 Å². The summed E-state index contributed by atoms with van der Waals surface area (Å²) in [6.07, 6.45) is 11.8. The Morgan fingerprint density at radius 1 is 0.636 bits per heavy atom. The fourth-order valence-corrected chi connectivity index (χ4v) is 6.34. The van der Waals surface area contributed by atoms with Crippen LogP contribution in [0.5, 0.6) is 0 Å². The predicted octanol–water partition coefficient (Wildman–Crippen LogP) is 8.20. The molecule has 176 valence electrons. The zero-order valence-corrected chi connectivity index (χ0v) is 21.1. The van der Waals surface area contributed by atoms with Gasteiger partial charge in [-0.15, -0.1) is 0 Å². The number of hydrogen-bond acceptors (Lipinski definition) is 2. The van der Waals surface area contributed by atoms with E-state index in [9.17, 15) is 9.59 Å². The summed E-state index contributed by atoms with van der Waals surface area (Å²) in [5.74, 6) is -0.0516. The Balaban J connectivity index is 1.64. The third-order valence-electron chi connectivity index (χ3n) is 8.49. The Hall–Kier alpha value is -2.22. The number of hydrogen-bond donors (Lipinski definition) is 0. The Kier molecular flexibility index (Phi) is 6.93. The molecule has 0 unspecified atom stereocenters. The van der Waals surface area contributed by atoms with Crippen LogP contribution in [0.1, 0.15) is 127 Å². The molecule has 0 spiro atoms. The van der Waals surface area contributed by atoms with Gasteiger partial charge in [0.15, 0.2) is 11.6 Å². The van der Waals surface area contributed by atoms with Crippen LogP contribution in [0.4, 0.5) is 0 Å². The van der Waals surface area contributed by atoms with Crippen molar-refractivity contribution in [1.29, 1.82) is 0 Å². The number of ketones is 2. The largest absolute Gasteiger partial charge is 0.294 e. The lowest BCUT2D eigenvalue weighted by atomic mass is 9.68. The summed E-state index contributed by atoms with van der Waals surface area (Å²) in [5, 5.41) is 0. The van der Waals surface area contributed by atoms with Gasteiger partial charge in [0.05, 0.1) is 6.42 Å². The van der Waals surface area contributed by atoms with Crippen LogP contribution in [0.15, 0.2) is 36.4 Å². The molecule has 0 N–H and O–H groups in total. The molecule has 0 heterocycles. The summed E-state index contributed by atoms with van der Waals surface area (Å²) in [6.45, 7) is 8.81. The van der Waals surface area contributed by atoms with E-state index in [1.807, 2.05) is 24.3 Å². The van der Waals surface area contributed by atoms with Crippen molar-refractivity contribution in [3.05, 3.63) is 69.8 Å². The maximum absolute atomic E-state index is 13.6. The zero-order valence-electron chi connectivity index (χ0n) is 21.1. The molecule has 0 atom stereocenters. The van der Waals surface area contributed by atoms with Gasteiger partial charge in [-0.25, -0.2) is 0 Å². The highest BCUT2D eigenvalue weighted by Gasteiger charge is 2.35. The Bertz CT molecular complexity index is 949. The first-order valence-electron chi connectivity index (χ1n) is 13.0. The first-order chi connectivity index (χ1) is 15.7. The molecule has 2 saturated carbocycles. The van der Waals surface area contributed by atoms with E-state index in [1.165, 1.54) is 49.7 Å². The SMILES string of the molecule is Cc1ccc(C(=O)CC(=O)c2ccc(C)cc2C2(C)CCCCC2)c(C2(C)CCCCC2)c1. The summed E-state index contributed by atoms with van der Waals surface area (Å²) >= 11 is 0. The average molecular weight is 445 g/mol. The molecule has 0 bridgehead atoms. The van der Waals surface area contributed by atoms with E-state index in [1.54, 1.807) is 0 Å². The van der Waals surface area contributed by atoms with Crippen LogP contribution in [-0.4, -0.2) is 11.6 Å². The van der Waals surface area contributed by atoms with E-state index >= 15 is 0 Å². The molecular formula is C31H40O2. The summed E-state index contributed by atoms with van der Waals surface area (Å²) < 4.78 is 0. The molecule has 33 heavy (non-hydrogen) atoms. The lowest BCUT2D eigenvalue weighted by molar-refractivity contribution is 0.0890. The smallest absolute Gasteiger partial charge is 0.170 e. The van der Waals surface area contributed by atoms with Crippen LogP contribution in [0.3, 0.4) is 0 Å². The van der Waals surface area contributed by atoms with Gasteiger partial charge >= 0.3 is 0 Å². The van der Waals surface area contributed by atoms with Gasteiger partial charge in [0.2, 0.25) is 0 Å². The van der Waals surface area contributed by atoms with Gasteiger partial charge in [-0.3, -0.25) is 9.59 Å². The van der Waals surface area contributed by atoms with Gasteiger partial charge in [-0.1, -0.05) is 99.9 Å². The monoisotopic (exact) mass is 444 g/mol. The lowest BCUT2D eigenvalue weighted by Gasteiger charge is -2.36. The minimum Gasteiger partial charge on any atom is -0.294 e. The molecule has 0 aromatic heterocycles. The maximum Gasteiger partial charge on any atom is 0.170 e. The molecule has 0 aliphatic heterocycles. The first-order valence-corrected chi connectivity index (χ1v) is 13.0. The highest BCUT2D eigenvalue weighted by Crippen LogP contribution is 2.42. The van der Waals surface area contributed by atoms with Gasteiger partial charge in [-0.2, -0.15) is 0 Å². The van der Waals surface area contributed by atoms with Gasteiger partial charge in [0, 0.05) is 11.1 Å². The molecule has 4 rings (SSSR count). The highest BCUT2D eigenvalue weighted by atomic mass is 16.1. The highest BCUT2D eigenvalue weighted by molar-refractivity contribution is 6.14. The van der Waals surface area contributed by atoms with Crippen LogP contribution < -0.4 is 0 Å². The maximum atomic E-state index is 13.6. The summed E-state index contributed by atoms with van der Waals surface area (Å²) in [4.78, 5) is 27.1. The van der Waals surface area contributed by atoms with Crippen molar-refractivity contribution in [3.8, 4) is 0 Å². The molecule has 2 nitrogen and oxygen atoms in total. The molecule has 0 amide bonds. The van der Waals surface area contributed by atoms with Crippen molar-refractivity contribution >= 4 is 11.6 Å². The average Bonchev–Trinajstić information content (AvgIpc) is 2.80. The van der Waals surface area contributed by atoms with Crippen molar-refractivity contribution in [1.82, 2.24) is 0 Å². The van der Waals surface area contributed by atoms with E-state index in [0.717, 1.165) is 47.9 Å². The second-order valence-electron chi connectivity index (χ2n) is 11.4. The normalized spacial score (nSPS) is 19.8. The van der Waals surface area contributed by atoms with Crippen molar-refractivity contribution < 1.29 is 9.59 Å². The number of carbonyl (C=O) groups is 2. The topological polar surface area (TPSA) is 34.1 Å². The number of Topliss-reactive ketones (excluding diaryl/α,β-unsaturated/α-hetero) is 2. The first kappa shape index (κ1) is 23.9. The van der Waals surface area contributed by atoms with Crippen LogP contribution >= 0.6 is 0 Å². The van der Waals surface area contributed by atoms with Gasteiger partial charge in [0.1, 0.15) is 0 Å². The molecule has 2 heteroatoms. The van der Waals surface area contributed by atoms with Crippen molar-refractivity contribution in [2.45, 2.75) is 109 Å². The van der Waals surface area contributed by atoms with Crippen molar-refractivity contribution in [3.63, 3.8) is 0 Å². The third-order valence-corrected chi connectivity index (χ3v) is 8.49. The fraction of sp³-hybridized carbons (Fsp3) is 0.548. The summed E-state index contributed by atoms with van der Waals surface area (Å²) in [5.41, 5.74) is 6.26. The van der Waals surface area contributed by atoms with E-state index in [-0.39, 0.29) is 28.8 Å². The number of rotatable bonds is 6. The zero-order chi connectivity index (χ0) is 23.6.